The molecular formula is C20H42O4. The van der Waals surface area contributed by atoms with Crippen LogP contribution in [0.1, 0.15) is 113 Å². The van der Waals surface area contributed by atoms with Gasteiger partial charge in [0, 0.05) is 6.42 Å². The molecule has 0 saturated heterocycles. The van der Waals surface area contributed by atoms with Crippen molar-refractivity contribution in [3.63, 3.8) is 0 Å². The predicted octanol–water partition coefficient (Wildman–Crippen LogP) is 6.73. The van der Waals surface area contributed by atoms with Gasteiger partial charge < -0.3 is 0 Å². The van der Waals surface area contributed by atoms with Gasteiger partial charge in [0.05, 0.1) is 11.2 Å². The Bertz CT molecular complexity index is 291. The van der Waals surface area contributed by atoms with E-state index in [1.54, 1.807) is 0 Å². The lowest BCUT2D eigenvalue weighted by Gasteiger charge is -2.34. The third-order valence-corrected chi connectivity index (χ3v) is 4.08. The highest BCUT2D eigenvalue weighted by atomic mass is 17.3. The minimum absolute atomic E-state index is 0.332. The second kappa shape index (κ2) is 11.5. The Morgan fingerprint density at radius 2 is 0.958 bits per heavy atom. The van der Waals surface area contributed by atoms with Crippen molar-refractivity contribution in [2.75, 3.05) is 0 Å². The first-order valence-electron chi connectivity index (χ1n) is 9.83. The van der Waals surface area contributed by atoms with Gasteiger partial charge in [0.2, 0.25) is 5.79 Å². The first-order valence-corrected chi connectivity index (χ1v) is 9.83. The van der Waals surface area contributed by atoms with Crippen LogP contribution in [0.25, 0.3) is 0 Å². The molecule has 0 unspecified atom stereocenters. The molecule has 0 spiro atoms. The lowest BCUT2D eigenvalue weighted by Crippen LogP contribution is -2.40. The van der Waals surface area contributed by atoms with Crippen LogP contribution in [0.15, 0.2) is 0 Å². The molecule has 0 heterocycles. The molecule has 0 atom stereocenters. The van der Waals surface area contributed by atoms with Gasteiger partial charge in [-0.3, -0.25) is 0 Å². The van der Waals surface area contributed by atoms with Crippen molar-refractivity contribution in [1.29, 1.82) is 0 Å². The fraction of sp³-hybridized carbons (Fsp3) is 1.00. The first kappa shape index (κ1) is 23.8. The molecule has 0 aromatic rings. The van der Waals surface area contributed by atoms with Crippen LogP contribution in [-0.4, -0.2) is 17.0 Å². The Labute approximate surface area is 150 Å². The summed E-state index contributed by atoms with van der Waals surface area (Å²) in [5.74, 6) is -0.885. The lowest BCUT2D eigenvalue weighted by molar-refractivity contribution is -0.540. The normalized spacial score (nSPS) is 13.5. The quantitative estimate of drug-likeness (QED) is 0.143. The maximum atomic E-state index is 5.75. The van der Waals surface area contributed by atoms with E-state index < -0.39 is 5.79 Å². The van der Waals surface area contributed by atoms with Crippen molar-refractivity contribution < 1.29 is 19.6 Å². The van der Waals surface area contributed by atoms with Crippen LogP contribution >= 0.6 is 0 Å². The summed E-state index contributed by atoms with van der Waals surface area (Å²) in [5, 5.41) is 0. The summed E-state index contributed by atoms with van der Waals surface area (Å²) in [7, 11) is 0. The molecule has 0 N–H and O–H groups in total. The third kappa shape index (κ3) is 11.4. The molecule has 0 amide bonds. The Morgan fingerprint density at radius 1 is 0.500 bits per heavy atom. The molecule has 0 rings (SSSR count). The minimum atomic E-state index is -0.885. The van der Waals surface area contributed by atoms with Crippen LogP contribution in [0.4, 0.5) is 0 Å². The van der Waals surface area contributed by atoms with Gasteiger partial charge in [0.15, 0.2) is 0 Å². The number of hydrogen-bond donors (Lipinski definition) is 0. The summed E-state index contributed by atoms with van der Waals surface area (Å²) in [6, 6.07) is 0. The largest absolute Gasteiger partial charge is 0.231 e. The van der Waals surface area contributed by atoms with Gasteiger partial charge in [-0.15, -0.1) is 0 Å². The number of unbranched alkanes of at least 4 members (excludes halogenated alkanes) is 3. The van der Waals surface area contributed by atoms with Gasteiger partial charge >= 0.3 is 0 Å². The van der Waals surface area contributed by atoms with Crippen LogP contribution in [0.3, 0.4) is 0 Å². The van der Waals surface area contributed by atoms with Crippen LogP contribution in [0, 0.1) is 0 Å². The third-order valence-electron chi connectivity index (χ3n) is 4.08. The summed E-state index contributed by atoms with van der Waals surface area (Å²) in [6.45, 7) is 16.5. The molecule has 4 nitrogen and oxygen atoms in total. The lowest BCUT2D eigenvalue weighted by atomic mass is 10.0. The Morgan fingerprint density at radius 3 is 1.33 bits per heavy atom. The zero-order valence-electron chi connectivity index (χ0n) is 17.5. The highest BCUT2D eigenvalue weighted by Gasteiger charge is 2.34. The summed E-state index contributed by atoms with van der Waals surface area (Å²) < 4.78 is 0. The molecular weight excluding hydrogens is 304 g/mol. The fourth-order valence-corrected chi connectivity index (χ4v) is 2.66. The zero-order valence-corrected chi connectivity index (χ0v) is 17.5. The van der Waals surface area contributed by atoms with Gasteiger partial charge in [0.1, 0.15) is 0 Å². The molecule has 0 aliphatic carbocycles. The molecule has 0 fully saturated rings. The van der Waals surface area contributed by atoms with Crippen molar-refractivity contribution in [3.05, 3.63) is 0 Å². The topological polar surface area (TPSA) is 36.9 Å². The maximum absolute atomic E-state index is 5.75. The van der Waals surface area contributed by atoms with E-state index in [1.165, 1.54) is 12.8 Å². The second-order valence-electron chi connectivity index (χ2n) is 8.30. The van der Waals surface area contributed by atoms with Gasteiger partial charge in [-0.05, 0) is 53.9 Å². The summed E-state index contributed by atoms with van der Waals surface area (Å²) in [5.41, 5.74) is -0.663. The molecule has 0 aromatic carbocycles. The molecule has 0 aromatic heterocycles. The van der Waals surface area contributed by atoms with E-state index in [4.69, 9.17) is 19.6 Å². The van der Waals surface area contributed by atoms with Crippen molar-refractivity contribution in [2.45, 2.75) is 130 Å². The Balaban J connectivity index is 4.68. The van der Waals surface area contributed by atoms with E-state index in [1.807, 2.05) is 34.6 Å². The Kier molecular flexibility index (Phi) is 11.4. The van der Waals surface area contributed by atoms with Crippen molar-refractivity contribution >= 4 is 0 Å². The van der Waals surface area contributed by atoms with Gasteiger partial charge in [-0.25, -0.2) is 9.78 Å². The summed E-state index contributed by atoms with van der Waals surface area (Å²) in [6.07, 6.45) is 9.32. The van der Waals surface area contributed by atoms with E-state index in [0.717, 1.165) is 44.9 Å². The van der Waals surface area contributed by atoms with Gasteiger partial charge in [-0.1, -0.05) is 52.9 Å². The maximum Gasteiger partial charge on any atom is 0.231 e. The van der Waals surface area contributed by atoms with Crippen molar-refractivity contribution in [2.24, 2.45) is 0 Å². The average Bonchev–Trinajstić information content (AvgIpc) is 2.48. The Hall–Kier alpha value is -0.160. The van der Waals surface area contributed by atoms with Crippen molar-refractivity contribution in [3.8, 4) is 0 Å². The summed E-state index contributed by atoms with van der Waals surface area (Å²) >= 11 is 0. The molecule has 0 aliphatic heterocycles. The van der Waals surface area contributed by atoms with E-state index in [0.29, 0.717) is 0 Å². The SMILES string of the molecule is CCCCCCC(C)(OOC(C)(C)CCC)OOC(C)(C)CCC. The predicted molar refractivity (Wildman–Crippen MR) is 99.5 cm³/mol. The minimum Gasteiger partial charge on any atom is -0.228 e. The van der Waals surface area contributed by atoms with Crippen LogP contribution in [0.2, 0.25) is 0 Å². The van der Waals surface area contributed by atoms with Gasteiger partial charge in [0.25, 0.3) is 0 Å². The van der Waals surface area contributed by atoms with Crippen LogP contribution in [-0.2, 0) is 19.6 Å². The molecule has 0 saturated carbocycles. The van der Waals surface area contributed by atoms with E-state index in [2.05, 4.69) is 20.8 Å². The molecule has 0 aliphatic rings. The fourth-order valence-electron chi connectivity index (χ4n) is 2.66. The molecule has 0 radical (unpaired) electrons. The molecule has 24 heavy (non-hydrogen) atoms. The van der Waals surface area contributed by atoms with E-state index in [-0.39, 0.29) is 11.2 Å². The zero-order chi connectivity index (χ0) is 18.7. The number of hydrogen-bond acceptors (Lipinski definition) is 4. The second-order valence-corrected chi connectivity index (χ2v) is 8.30. The molecule has 0 bridgehead atoms. The van der Waals surface area contributed by atoms with Gasteiger partial charge in [-0.2, -0.15) is 9.78 Å². The van der Waals surface area contributed by atoms with Crippen LogP contribution < -0.4 is 0 Å². The standard InChI is InChI=1S/C20H42O4/c1-9-12-13-14-17-20(8,23-21-18(4,5)15-10-2)24-22-19(6,7)16-11-3/h9-17H2,1-8H3. The average molecular weight is 347 g/mol. The molecule has 4 heteroatoms. The molecule has 146 valence electrons. The van der Waals surface area contributed by atoms with Crippen LogP contribution in [0.5, 0.6) is 0 Å². The highest BCUT2D eigenvalue weighted by molar-refractivity contribution is 4.68. The van der Waals surface area contributed by atoms with E-state index >= 15 is 0 Å². The monoisotopic (exact) mass is 346 g/mol. The smallest absolute Gasteiger partial charge is 0.228 e. The highest BCUT2D eigenvalue weighted by Crippen LogP contribution is 2.29. The first-order chi connectivity index (χ1) is 11.1. The van der Waals surface area contributed by atoms with E-state index in [9.17, 15) is 0 Å². The number of rotatable bonds is 15. The summed E-state index contributed by atoms with van der Waals surface area (Å²) in [4.78, 5) is 22.9. The van der Waals surface area contributed by atoms with Crippen molar-refractivity contribution in [1.82, 2.24) is 0 Å².